The molecule has 0 fully saturated rings. The molecule has 1 aromatic carbocycles. The van der Waals surface area contributed by atoms with E-state index in [-0.39, 0.29) is 0 Å². The molecule has 0 radical (unpaired) electrons. The Morgan fingerprint density at radius 2 is 2.21 bits per heavy atom. The Hall–Kier alpha value is -1.34. The molecular weight excluding hydrogens is 246 g/mol. The standard InChI is InChI=1S/C10H8BrNO2/c1-6-3-7(11)4-8(9(6)5-12)10(13)14-2/h3-4H,1-2H3. The van der Waals surface area contributed by atoms with Crippen LogP contribution in [-0.4, -0.2) is 13.1 Å². The van der Waals surface area contributed by atoms with Crippen molar-refractivity contribution in [3.8, 4) is 6.07 Å². The molecule has 3 nitrogen and oxygen atoms in total. The summed E-state index contributed by atoms with van der Waals surface area (Å²) in [6, 6.07) is 5.35. The summed E-state index contributed by atoms with van der Waals surface area (Å²) in [5, 5.41) is 8.86. The molecule has 14 heavy (non-hydrogen) atoms. The predicted molar refractivity (Wildman–Crippen MR) is 54.9 cm³/mol. The summed E-state index contributed by atoms with van der Waals surface area (Å²) in [4.78, 5) is 11.3. The van der Waals surface area contributed by atoms with Crippen molar-refractivity contribution in [2.24, 2.45) is 0 Å². The van der Waals surface area contributed by atoms with Crippen molar-refractivity contribution in [2.75, 3.05) is 7.11 Å². The second-order valence-electron chi connectivity index (χ2n) is 2.75. The van der Waals surface area contributed by atoms with Gasteiger partial charge in [0, 0.05) is 4.47 Å². The molecule has 0 aliphatic heterocycles. The zero-order chi connectivity index (χ0) is 10.7. The monoisotopic (exact) mass is 253 g/mol. The van der Waals surface area contributed by atoms with Crippen molar-refractivity contribution in [1.82, 2.24) is 0 Å². The van der Waals surface area contributed by atoms with Gasteiger partial charge in [-0.25, -0.2) is 4.79 Å². The van der Waals surface area contributed by atoms with E-state index in [1.807, 2.05) is 6.07 Å². The summed E-state index contributed by atoms with van der Waals surface area (Å²) in [6.07, 6.45) is 0. The van der Waals surface area contributed by atoms with Crippen molar-refractivity contribution >= 4 is 21.9 Å². The largest absolute Gasteiger partial charge is 0.465 e. The van der Waals surface area contributed by atoms with Gasteiger partial charge in [-0.1, -0.05) is 15.9 Å². The number of methoxy groups -OCH3 is 1. The molecule has 1 aromatic rings. The molecule has 0 heterocycles. The number of esters is 1. The first-order valence-corrected chi connectivity index (χ1v) is 4.68. The highest BCUT2D eigenvalue weighted by atomic mass is 79.9. The number of rotatable bonds is 1. The highest BCUT2D eigenvalue weighted by Gasteiger charge is 2.14. The summed E-state index contributed by atoms with van der Waals surface area (Å²) in [5.41, 5.74) is 1.41. The first-order valence-electron chi connectivity index (χ1n) is 3.88. The second-order valence-corrected chi connectivity index (χ2v) is 3.66. The Balaban J connectivity index is 3.41. The molecule has 0 amide bonds. The van der Waals surface area contributed by atoms with E-state index in [9.17, 15) is 4.79 Å². The number of nitriles is 1. The molecule has 0 aromatic heterocycles. The van der Waals surface area contributed by atoms with Crippen LogP contribution in [0.3, 0.4) is 0 Å². The Kier molecular flexibility index (Phi) is 3.26. The van der Waals surface area contributed by atoms with Crippen LogP contribution in [-0.2, 0) is 4.74 Å². The van der Waals surface area contributed by atoms with Crippen molar-refractivity contribution < 1.29 is 9.53 Å². The lowest BCUT2D eigenvalue weighted by Gasteiger charge is -2.05. The molecule has 0 aliphatic carbocycles. The fraction of sp³-hybridized carbons (Fsp3) is 0.200. The van der Waals surface area contributed by atoms with Crippen LogP contribution in [0.25, 0.3) is 0 Å². The lowest BCUT2D eigenvalue weighted by Crippen LogP contribution is -2.05. The number of halogens is 1. The van der Waals surface area contributed by atoms with Gasteiger partial charge in [0.15, 0.2) is 0 Å². The van der Waals surface area contributed by atoms with E-state index in [0.717, 1.165) is 10.0 Å². The fourth-order valence-corrected chi connectivity index (χ4v) is 1.73. The SMILES string of the molecule is COC(=O)c1cc(Br)cc(C)c1C#N. The predicted octanol–water partition coefficient (Wildman–Crippen LogP) is 2.42. The quantitative estimate of drug-likeness (QED) is 0.723. The summed E-state index contributed by atoms with van der Waals surface area (Å²) in [6.45, 7) is 1.77. The number of carbonyl (C=O) groups is 1. The molecule has 0 unspecified atom stereocenters. The Morgan fingerprint density at radius 3 is 2.71 bits per heavy atom. The van der Waals surface area contributed by atoms with E-state index in [1.54, 1.807) is 19.1 Å². The maximum absolute atomic E-state index is 11.3. The molecule has 0 saturated carbocycles. The molecule has 0 spiro atoms. The number of aryl methyl sites for hydroxylation is 1. The van der Waals surface area contributed by atoms with Gasteiger partial charge in [0.1, 0.15) is 6.07 Å². The average molecular weight is 254 g/mol. The second kappa shape index (κ2) is 4.25. The number of hydrogen-bond acceptors (Lipinski definition) is 3. The smallest absolute Gasteiger partial charge is 0.339 e. The minimum absolute atomic E-state index is 0.293. The number of hydrogen-bond donors (Lipinski definition) is 0. The Labute approximate surface area is 90.4 Å². The maximum atomic E-state index is 11.3. The summed E-state index contributed by atoms with van der Waals surface area (Å²) in [7, 11) is 1.29. The third kappa shape index (κ3) is 1.94. The summed E-state index contributed by atoms with van der Waals surface area (Å²) in [5.74, 6) is -0.494. The Bertz CT molecular complexity index is 421. The zero-order valence-electron chi connectivity index (χ0n) is 7.80. The summed E-state index contributed by atoms with van der Waals surface area (Å²) < 4.78 is 5.34. The number of carbonyl (C=O) groups excluding carboxylic acids is 1. The van der Waals surface area contributed by atoms with Crippen LogP contribution in [0.5, 0.6) is 0 Å². The van der Waals surface area contributed by atoms with Crippen molar-refractivity contribution in [3.05, 3.63) is 33.3 Å². The molecule has 4 heteroatoms. The minimum Gasteiger partial charge on any atom is -0.465 e. The van der Waals surface area contributed by atoms with E-state index < -0.39 is 5.97 Å². The van der Waals surface area contributed by atoms with E-state index in [0.29, 0.717) is 11.1 Å². The van der Waals surface area contributed by atoms with Gasteiger partial charge in [-0.15, -0.1) is 0 Å². The highest BCUT2D eigenvalue weighted by molar-refractivity contribution is 9.10. The zero-order valence-corrected chi connectivity index (χ0v) is 9.38. The first-order chi connectivity index (χ1) is 6.60. The Morgan fingerprint density at radius 1 is 1.57 bits per heavy atom. The van der Waals surface area contributed by atoms with Gasteiger partial charge in [-0.2, -0.15) is 5.26 Å². The molecule has 72 valence electrons. The van der Waals surface area contributed by atoms with Crippen LogP contribution in [0.15, 0.2) is 16.6 Å². The van der Waals surface area contributed by atoms with Crippen molar-refractivity contribution in [1.29, 1.82) is 5.26 Å². The molecule has 0 aliphatic rings. The molecule has 1 rings (SSSR count). The summed E-state index contributed by atoms with van der Waals surface area (Å²) >= 11 is 3.26. The highest BCUT2D eigenvalue weighted by Crippen LogP contribution is 2.21. The molecule has 0 N–H and O–H groups in total. The van der Waals surface area contributed by atoms with Gasteiger partial charge in [0.2, 0.25) is 0 Å². The lowest BCUT2D eigenvalue weighted by atomic mass is 10.0. The van der Waals surface area contributed by atoms with Crippen LogP contribution in [0.1, 0.15) is 21.5 Å². The minimum atomic E-state index is -0.494. The maximum Gasteiger partial charge on any atom is 0.339 e. The molecule has 0 bridgehead atoms. The third-order valence-electron chi connectivity index (χ3n) is 1.82. The van der Waals surface area contributed by atoms with Crippen LogP contribution >= 0.6 is 15.9 Å². The van der Waals surface area contributed by atoms with Gasteiger partial charge in [0.05, 0.1) is 18.2 Å². The first kappa shape index (κ1) is 10.7. The van der Waals surface area contributed by atoms with Gasteiger partial charge < -0.3 is 4.74 Å². The van der Waals surface area contributed by atoms with Gasteiger partial charge in [-0.3, -0.25) is 0 Å². The topological polar surface area (TPSA) is 50.1 Å². The molecular formula is C10H8BrNO2. The lowest BCUT2D eigenvalue weighted by molar-refractivity contribution is 0.0600. The number of ether oxygens (including phenoxy) is 1. The van der Waals surface area contributed by atoms with Crippen LogP contribution in [0, 0.1) is 18.3 Å². The van der Waals surface area contributed by atoms with Crippen LogP contribution in [0.4, 0.5) is 0 Å². The third-order valence-corrected chi connectivity index (χ3v) is 2.28. The molecule has 0 saturated heterocycles. The van der Waals surface area contributed by atoms with E-state index in [2.05, 4.69) is 20.7 Å². The number of benzene rings is 1. The van der Waals surface area contributed by atoms with E-state index in [4.69, 9.17) is 5.26 Å². The fourth-order valence-electron chi connectivity index (χ4n) is 1.16. The van der Waals surface area contributed by atoms with Gasteiger partial charge in [-0.05, 0) is 24.6 Å². The van der Waals surface area contributed by atoms with Crippen LogP contribution < -0.4 is 0 Å². The van der Waals surface area contributed by atoms with E-state index >= 15 is 0 Å². The van der Waals surface area contributed by atoms with Gasteiger partial charge >= 0.3 is 5.97 Å². The average Bonchev–Trinajstić information content (AvgIpc) is 2.15. The van der Waals surface area contributed by atoms with Crippen molar-refractivity contribution in [2.45, 2.75) is 6.92 Å². The molecule has 0 atom stereocenters. The van der Waals surface area contributed by atoms with Gasteiger partial charge in [0.25, 0.3) is 0 Å². The normalized spacial score (nSPS) is 9.29. The number of nitrogens with zero attached hydrogens (tertiary/aromatic N) is 1. The van der Waals surface area contributed by atoms with Crippen LogP contribution in [0.2, 0.25) is 0 Å². The van der Waals surface area contributed by atoms with E-state index in [1.165, 1.54) is 7.11 Å². The van der Waals surface area contributed by atoms with Crippen molar-refractivity contribution in [3.63, 3.8) is 0 Å².